The van der Waals surface area contributed by atoms with Gasteiger partial charge in [-0.25, -0.2) is 4.79 Å². The molecule has 5 nitrogen and oxygen atoms in total. The third-order valence-electron chi connectivity index (χ3n) is 3.12. The zero-order valence-electron chi connectivity index (χ0n) is 10.7. The first-order valence-electron chi connectivity index (χ1n) is 5.70. The molecule has 0 fully saturated rings. The third kappa shape index (κ3) is 2.17. The average molecular weight is 301 g/mol. The summed E-state index contributed by atoms with van der Waals surface area (Å²) in [5.74, 6) is -1.85. The van der Waals surface area contributed by atoms with Gasteiger partial charge in [0.25, 0.3) is 5.60 Å². The maximum Gasteiger partial charge on any atom is 0.432 e. The minimum absolute atomic E-state index is 0.0928. The average Bonchev–Trinajstić information content (AvgIpc) is 2.87. The molecule has 0 aliphatic carbocycles. The van der Waals surface area contributed by atoms with Crippen molar-refractivity contribution >= 4 is 23.2 Å². The maximum absolute atomic E-state index is 13.2. The molecule has 2 N–H and O–H groups in total. The normalized spacial score (nSPS) is 14.7. The van der Waals surface area contributed by atoms with Crippen LogP contribution in [-0.4, -0.2) is 35.6 Å². The van der Waals surface area contributed by atoms with E-state index in [1.165, 1.54) is 12.1 Å². The molecule has 0 spiro atoms. The highest BCUT2D eigenvalue weighted by atomic mass is 19.4. The molecule has 1 atom stereocenters. The number of nitrogens with one attached hydrogen (secondary N) is 1. The van der Waals surface area contributed by atoms with Gasteiger partial charge in [-0.3, -0.25) is 4.79 Å². The number of carbonyl (C=O) groups is 2. The molecule has 1 aromatic carbocycles. The first-order valence-corrected chi connectivity index (χ1v) is 5.70. The SMILES string of the molecule is COC(=O)[C@](O)(c1c[nH]c2ccc(C=O)cc12)C(F)(F)F. The molecule has 0 amide bonds. The largest absolute Gasteiger partial charge is 0.466 e. The number of rotatable bonds is 3. The van der Waals surface area contributed by atoms with E-state index in [1.807, 2.05) is 0 Å². The van der Waals surface area contributed by atoms with Gasteiger partial charge >= 0.3 is 12.1 Å². The van der Waals surface area contributed by atoms with Crippen LogP contribution in [0.5, 0.6) is 0 Å². The van der Waals surface area contributed by atoms with Crippen molar-refractivity contribution in [3.05, 3.63) is 35.5 Å². The predicted octanol–water partition coefficient (Wildman–Crippen LogP) is 1.90. The van der Waals surface area contributed by atoms with Crippen LogP contribution in [0, 0.1) is 0 Å². The van der Waals surface area contributed by atoms with Crippen LogP contribution in [0.3, 0.4) is 0 Å². The molecule has 0 bridgehead atoms. The molecule has 8 heteroatoms. The lowest BCUT2D eigenvalue weighted by Crippen LogP contribution is -2.49. The molecule has 0 radical (unpaired) electrons. The Kier molecular flexibility index (Phi) is 3.50. The number of hydrogen-bond donors (Lipinski definition) is 2. The first-order chi connectivity index (χ1) is 9.75. The van der Waals surface area contributed by atoms with Gasteiger partial charge in [-0.05, 0) is 18.2 Å². The molecule has 0 unspecified atom stereocenters. The monoisotopic (exact) mass is 301 g/mol. The van der Waals surface area contributed by atoms with Gasteiger partial charge in [0, 0.05) is 28.2 Å². The van der Waals surface area contributed by atoms with Crippen molar-refractivity contribution in [2.45, 2.75) is 11.8 Å². The van der Waals surface area contributed by atoms with Crippen LogP contribution in [0.2, 0.25) is 0 Å². The van der Waals surface area contributed by atoms with Crippen molar-refractivity contribution in [2.75, 3.05) is 7.11 Å². The number of aromatic nitrogens is 1. The fraction of sp³-hybridized carbons (Fsp3) is 0.231. The number of aldehydes is 1. The molecule has 0 saturated carbocycles. The van der Waals surface area contributed by atoms with E-state index in [0.717, 1.165) is 19.4 Å². The minimum atomic E-state index is -5.29. The Morgan fingerprint density at radius 1 is 1.38 bits per heavy atom. The summed E-state index contributed by atoms with van der Waals surface area (Å²) in [6.07, 6.45) is -3.98. The number of hydrogen-bond acceptors (Lipinski definition) is 4. The van der Waals surface area contributed by atoms with Crippen LogP contribution in [-0.2, 0) is 15.1 Å². The maximum atomic E-state index is 13.2. The second-order valence-corrected chi connectivity index (χ2v) is 4.32. The molecule has 112 valence electrons. The molecule has 2 aromatic rings. The van der Waals surface area contributed by atoms with Crippen LogP contribution in [0.15, 0.2) is 24.4 Å². The Hall–Kier alpha value is -2.35. The van der Waals surface area contributed by atoms with Crippen LogP contribution in [0.25, 0.3) is 10.9 Å². The molecule has 2 rings (SSSR count). The minimum Gasteiger partial charge on any atom is -0.466 e. The van der Waals surface area contributed by atoms with E-state index in [1.54, 1.807) is 0 Å². The number of halogens is 3. The molecule has 0 aliphatic rings. The van der Waals surface area contributed by atoms with E-state index in [2.05, 4.69) is 9.72 Å². The number of H-pyrrole nitrogens is 1. The fourth-order valence-electron chi connectivity index (χ4n) is 2.04. The highest BCUT2D eigenvalue weighted by Gasteiger charge is 2.62. The van der Waals surface area contributed by atoms with Crippen molar-refractivity contribution in [1.29, 1.82) is 0 Å². The van der Waals surface area contributed by atoms with E-state index in [4.69, 9.17) is 0 Å². The summed E-state index contributed by atoms with van der Waals surface area (Å²) in [5.41, 5.74) is -4.19. The number of benzene rings is 1. The molecule has 21 heavy (non-hydrogen) atoms. The van der Waals surface area contributed by atoms with Crippen LogP contribution < -0.4 is 0 Å². The Labute approximate surface area is 116 Å². The van der Waals surface area contributed by atoms with Crippen LogP contribution >= 0.6 is 0 Å². The zero-order valence-corrected chi connectivity index (χ0v) is 10.7. The summed E-state index contributed by atoms with van der Waals surface area (Å²) in [4.78, 5) is 24.7. The third-order valence-corrected chi connectivity index (χ3v) is 3.12. The van der Waals surface area contributed by atoms with Gasteiger partial charge < -0.3 is 14.8 Å². The highest BCUT2D eigenvalue weighted by Crippen LogP contribution is 2.42. The van der Waals surface area contributed by atoms with E-state index in [0.29, 0.717) is 6.29 Å². The molecule has 1 aromatic heterocycles. The fourth-order valence-corrected chi connectivity index (χ4v) is 2.04. The Bertz CT molecular complexity index is 707. The van der Waals surface area contributed by atoms with Gasteiger partial charge in [0.05, 0.1) is 7.11 Å². The summed E-state index contributed by atoms with van der Waals surface area (Å²) in [6, 6.07) is 3.91. The Morgan fingerprint density at radius 3 is 2.57 bits per heavy atom. The second kappa shape index (κ2) is 4.88. The molecule has 1 heterocycles. The van der Waals surface area contributed by atoms with E-state index in [9.17, 15) is 27.9 Å². The van der Waals surface area contributed by atoms with E-state index in [-0.39, 0.29) is 16.5 Å². The molecule has 0 saturated heterocycles. The van der Waals surface area contributed by atoms with E-state index >= 15 is 0 Å². The molecular weight excluding hydrogens is 291 g/mol. The number of esters is 1. The number of fused-ring (bicyclic) bond motifs is 1. The summed E-state index contributed by atoms with van der Waals surface area (Å²) in [6.45, 7) is 0. The summed E-state index contributed by atoms with van der Waals surface area (Å²) >= 11 is 0. The van der Waals surface area contributed by atoms with Gasteiger partial charge in [-0.2, -0.15) is 13.2 Å². The number of methoxy groups -OCH3 is 1. The Balaban J connectivity index is 2.77. The van der Waals surface area contributed by atoms with Crippen molar-refractivity contribution in [2.24, 2.45) is 0 Å². The number of aliphatic hydroxyl groups is 1. The predicted molar refractivity (Wildman–Crippen MR) is 65.7 cm³/mol. The summed E-state index contributed by atoms with van der Waals surface area (Å²) in [5, 5.41) is 9.84. The number of alkyl halides is 3. The smallest absolute Gasteiger partial charge is 0.432 e. The number of ether oxygens (including phenoxy) is 1. The van der Waals surface area contributed by atoms with Crippen molar-refractivity contribution < 1.29 is 32.6 Å². The quantitative estimate of drug-likeness (QED) is 0.670. The number of aromatic amines is 1. The zero-order chi connectivity index (χ0) is 15.8. The molecular formula is C13H10F3NO4. The first kappa shape index (κ1) is 15.0. The molecule has 0 aliphatic heterocycles. The van der Waals surface area contributed by atoms with Gasteiger partial charge in [-0.1, -0.05) is 0 Å². The topological polar surface area (TPSA) is 79.4 Å². The highest BCUT2D eigenvalue weighted by molar-refractivity contribution is 5.94. The standard InChI is InChI=1S/C13H10F3NO4/c1-21-11(19)12(20,13(14,15)16)9-5-17-10-3-2-7(6-18)4-8(9)10/h2-6,17,20H,1H3/t12-/m1/s1. The summed E-state index contributed by atoms with van der Waals surface area (Å²) in [7, 11) is 0.741. The van der Waals surface area contributed by atoms with Gasteiger partial charge in [0.1, 0.15) is 6.29 Å². The summed E-state index contributed by atoms with van der Waals surface area (Å²) < 4.78 is 43.6. The lowest BCUT2D eigenvalue weighted by Gasteiger charge is -2.27. The Morgan fingerprint density at radius 2 is 2.05 bits per heavy atom. The van der Waals surface area contributed by atoms with Crippen molar-refractivity contribution in [3.63, 3.8) is 0 Å². The second-order valence-electron chi connectivity index (χ2n) is 4.32. The lowest BCUT2D eigenvalue weighted by atomic mass is 9.92. The van der Waals surface area contributed by atoms with Crippen LogP contribution in [0.1, 0.15) is 15.9 Å². The van der Waals surface area contributed by atoms with Crippen molar-refractivity contribution in [1.82, 2.24) is 4.98 Å². The van der Waals surface area contributed by atoms with Gasteiger partial charge in [-0.15, -0.1) is 0 Å². The number of carbonyl (C=O) groups excluding carboxylic acids is 2. The van der Waals surface area contributed by atoms with E-state index < -0.39 is 23.3 Å². The lowest BCUT2D eigenvalue weighted by molar-refractivity contribution is -0.266. The van der Waals surface area contributed by atoms with Crippen LogP contribution in [0.4, 0.5) is 13.2 Å². The van der Waals surface area contributed by atoms with Crippen molar-refractivity contribution in [3.8, 4) is 0 Å². The van der Waals surface area contributed by atoms with Gasteiger partial charge in [0.2, 0.25) is 0 Å². The van der Waals surface area contributed by atoms with Gasteiger partial charge in [0.15, 0.2) is 0 Å².